The molecule has 2 aromatic heterocycles. The van der Waals surface area contributed by atoms with E-state index in [1.165, 1.54) is 12.3 Å². The summed E-state index contributed by atoms with van der Waals surface area (Å²) in [6, 6.07) is 3.13. The van der Waals surface area contributed by atoms with Gasteiger partial charge >= 0.3 is 12.4 Å². The molecule has 2 nitrogen and oxygen atoms in total. The van der Waals surface area contributed by atoms with E-state index in [0.29, 0.717) is 11.9 Å². The second-order valence-electron chi connectivity index (χ2n) is 8.46. The Morgan fingerprint density at radius 3 is 1.75 bits per heavy atom. The normalized spacial score (nSPS) is 13.7. The summed E-state index contributed by atoms with van der Waals surface area (Å²) in [7, 11) is 0. The summed E-state index contributed by atoms with van der Waals surface area (Å²) >= 11 is 0. The van der Waals surface area contributed by atoms with Crippen molar-refractivity contribution in [1.29, 1.82) is 0 Å². The Kier molecular flexibility index (Phi) is 5.58. The van der Waals surface area contributed by atoms with Gasteiger partial charge in [0.05, 0.1) is 11.1 Å². The van der Waals surface area contributed by atoms with Crippen molar-refractivity contribution in [3.8, 4) is 0 Å². The van der Waals surface area contributed by atoms with Crippen molar-refractivity contribution < 1.29 is 26.3 Å². The Morgan fingerprint density at radius 1 is 0.750 bits per heavy atom. The molecule has 0 aliphatic heterocycles. The molecule has 8 heteroatoms. The van der Waals surface area contributed by atoms with Gasteiger partial charge in [-0.15, -0.1) is 0 Å². The largest absolute Gasteiger partial charge is 0.417 e. The molecule has 0 radical (unpaired) electrons. The lowest BCUT2D eigenvalue weighted by Gasteiger charge is -2.27. The first kappa shape index (κ1) is 22.2. The predicted molar refractivity (Wildman–Crippen MR) is 93.9 cm³/mol. The first-order chi connectivity index (χ1) is 12.5. The lowest BCUT2D eigenvalue weighted by atomic mass is 9.80. The zero-order chi connectivity index (χ0) is 21.5. The number of rotatable bonds is 3. The summed E-state index contributed by atoms with van der Waals surface area (Å²) < 4.78 is 79.0. The van der Waals surface area contributed by atoms with Gasteiger partial charge in [-0.3, -0.25) is 9.97 Å². The maximum absolute atomic E-state index is 13.6. The summed E-state index contributed by atoms with van der Waals surface area (Å²) in [5.74, 6) is 0. The zero-order valence-electron chi connectivity index (χ0n) is 16.3. The highest BCUT2D eigenvalue weighted by molar-refractivity contribution is 5.34. The molecule has 0 aliphatic carbocycles. The molecule has 0 unspecified atom stereocenters. The van der Waals surface area contributed by atoms with Crippen LogP contribution in [0.5, 0.6) is 0 Å². The van der Waals surface area contributed by atoms with Gasteiger partial charge in [-0.05, 0) is 30.2 Å². The minimum atomic E-state index is -4.57. The van der Waals surface area contributed by atoms with Crippen molar-refractivity contribution in [3.05, 3.63) is 58.7 Å². The molecule has 0 amide bonds. The van der Waals surface area contributed by atoms with Crippen molar-refractivity contribution in [2.24, 2.45) is 0 Å². The Morgan fingerprint density at radius 2 is 1.32 bits per heavy atom. The van der Waals surface area contributed by atoms with Crippen LogP contribution < -0.4 is 0 Å². The van der Waals surface area contributed by atoms with Crippen molar-refractivity contribution in [2.75, 3.05) is 0 Å². The van der Waals surface area contributed by atoms with Gasteiger partial charge in [-0.1, -0.05) is 34.6 Å². The van der Waals surface area contributed by atoms with Crippen LogP contribution in [0.25, 0.3) is 0 Å². The standard InChI is InChI=1S/C20H22F6N2/c1-17(2,3)16-8-14(20(24,25)26)12(10-27-16)9-18(4,5)15-7-6-13(11-28-15)19(21,22)23/h6-8,10-11H,9H2,1-5H3. The van der Waals surface area contributed by atoms with Crippen LogP contribution in [0.15, 0.2) is 30.6 Å². The van der Waals surface area contributed by atoms with E-state index in [4.69, 9.17) is 0 Å². The van der Waals surface area contributed by atoms with E-state index >= 15 is 0 Å². The van der Waals surface area contributed by atoms with Crippen molar-refractivity contribution in [2.45, 2.75) is 64.2 Å². The van der Waals surface area contributed by atoms with E-state index in [-0.39, 0.29) is 17.7 Å². The fourth-order valence-corrected chi connectivity index (χ4v) is 2.83. The third-order valence-corrected chi connectivity index (χ3v) is 4.48. The number of alkyl halides is 6. The minimum absolute atomic E-state index is 0.0211. The molecule has 0 aromatic carbocycles. The number of halogens is 6. The summed E-state index contributed by atoms with van der Waals surface area (Å²) in [6.07, 6.45) is -7.26. The number of pyridine rings is 2. The molecule has 2 rings (SSSR count). The third kappa shape index (κ3) is 5.02. The van der Waals surface area contributed by atoms with E-state index in [0.717, 1.165) is 12.1 Å². The van der Waals surface area contributed by atoms with E-state index < -0.39 is 34.3 Å². The molecule has 154 valence electrons. The molecule has 0 saturated carbocycles. The topological polar surface area (TPSA) is 25.8 Å². The van der Waals surface area contributed by atoms with Gasteiger partial charge in [0.15, 0.2) is 0 Å². The van der Waals surface area contributed by atoms with E-state index in [1.54, 1.807) is 34.6 Å². The van der Waals surface area contributed by atoms with Crippen LogP contribution in [-0.4, -0.2) is 9.97 Å². The van der Waals surface area contributed by atoms with E-state index in [1.807, 2.05) is 0 Å². The van der Waals surface area contributed by atoms with E-state index in [2.05, 4.69) is 9.97 Å². The van der Waals surface area contributed by atoms with Gasteiger partial charge in [-0.2, -0.15) is 26.3 Å². The Labute approximate surface area is 160 Å². The van der Waals surface area contributed by atoms with Crippen LogP contribution in [0.1, 0.15) is 62.7 Å². The summed E-state index contributed by atoms with van der Waals surface area (Å²) in [4.78, 5) is 8.02. The minimum Gasteiger partial charge on any atom is -0.260 e. The number of nitrogens with zero attached hydrogens (tertiary/aromatic N) is 2. The molecule has 2 heterocycles. The molecule has 0 bridgehead atoms. The first-order valence-corrected chi connectivity index (χ1v) is 8.62. The second-order valence-corrected chi connectivity index (χ2v) is 8.46. The van der Waals surface area contributed by atoms with Crippen molar-refractivity contribution >= 4 is 0 Å². The highest BCUT2D eigenvalue weighted by atomic mass is 19.4. The van der Waals surface area contributed by atoms with Crippen LogP contribution >= 0.6 is 0 Å². The molecular weight excluding hydrogens is 382 g/mol. The lowest BCUT2D eigenvalue weighted by molar-refractivity contribution is -0.139. The van der Waals surface area contributed by atoms with Crippen LogP contribution in [0, 0.1) is 0 Å². The fraction of sp³-hybridized carbons (Fsp3) is 0.500. The summed E-state index contributed by atoms with van der Waals surface area (Å²) in [5.41, 5.74) is -2.60. The third-order valence-electron chi connectivity index (χ3n) is 4.48. The molecule has 0 saturated heterocycles. The fourth-order valence-electron chi connectivity index (χ4n) is 2.83. The van der Waals surface area contributed by atoms with Crippen molar-refractivity contribution in [3.63, 3.8) is 0 Å². The van der Waals surface area contributed by atoms with Gasteiger partial charge < -0.3 is 0 Å². The van der Waals surface area contributed by atoms with Gasteiger partial charge in [-0.25, -0.2) is 0 Å². The average Bonchev–Trinajstić information content (AvgIpc) is 2.52. The zero-order valence-corrected chi connectivity index (χ0v) is 16.3. The Balaban J connectivity index is 2.43. The first-order valence-electron chi connectivity index (χ1n) is 8.62. The number of aromatic nitrogens is 2. The molecule has 0 fully saturated rings. The van der Waals surface area contributed by atoms with Crippen molar-refractivity contribution in [1.82, 2.24) is 9.97 Å². The quantitative estimate of drug-likeness (QED) is 0.559. The molecule has 28 heavy (non-hydrogen) atoms. The summed E-state index contributed by atoms with van der Waals surface area (Å²) in [5, 5.41) is 0. The second kappa shape index (κ2) is 7.04. The van der Waals surface area contributed by atoms with Crippen LogP contribution in [0.3, 0.4) is 0 Å². The van der Waals surface area contributed by atoms with E-state index in [9.17, 15) is 26.3 Å². The van der Waals surface area contributed by atoms with Crippen LogP contribution in [-0.2, 0) is 29.6 Å². The van der Waals surface area contributed by atoms with Gasteiger partial charge in [0, 0.05) is 34.6 Å². The number of hydrogen-bond acceptors (Lipinski definition) is 2. The number of hydrogen-bond donors (Lipinski definition) is 0. The molecule has 0 spiro atoms. The molecule has 0 N–H and O–H groups in total. The van der Waals surface area contributed by atoms with Crippen LogP contribution in [0.4, 0.5) is 26.3 Å². The van der Waals surface area contributed by atoms with Gasteiger partial charge in [0.1, 0.15) is 0 Å². The van der Waals surface area contributed by atoms with Crippen LogP contribution in [0.2, 0.25) is 0 Å². The maximum atomic E-state index is 13.6. The molecule has 0 aliphatic rings. The maximum Gasteiger partial charge on any atom is 0.417 e. The molecule has 2 aromatic rings. The Bertz CT molecular complexity index is 828. The highest BCUT2D eigenvalue weighted by Crippen LogP contribution is 2.38. The Hall–Kier alpha value is -2.12. The molecular formula is C20H22F6N2. The molecule has 0 atom stereocenters. The monoisotopic (exact) mass is 404 g/mol. The SMILES string of the molecule is CC(C)(C)c1cc(C(F)(F)F)c(CC(C)(C)c2ccc(C(F)(F)F)cn2)cn1. The average molecular weight is 404 g/mol. The van der Waals surface area contributed by atoms with Gasteiger partial charge in [0.2, 0.25) is 0 Å². The predicted octanol–water partition coefficient (Wildman–Crippen LogP) is 6.33. The highest BCUT2D eigenvalue weighted by Gasteiger charge is 2.37. The lowest BCUT2D eigenvalue weighted by Crippen LogP contribution is -2.25. The summed E-state index contributed by atoms with van der Waals surface area (Å²) in [6.45, 7) is 8.59. The van der Waals surface area contributed by atoms with Gasteiger partial charge in [0.25, 0.3) is 0 Å². The smallest absolute Gasteiger partial charge is 0.260 e.